The fraction of sp³-hybridized carbons (Fsp3) is 0.188. The van der Waals surface area contributed by atoms with Crippen LogP contribution in [0.3, 0.4) is 0 Å². The summed E-state index contributed by atoms with van der Waals surface area (Å²) in [4.78, 5) is 11.1. The van der Waals surface area contributed by atoms with Gasteiger partial charge in [-0.05, 0) is 18.2 Å². The molecule has 0 amide bonds. The lowest BCUT2D eigenvalue weighted by molar-refractivity contribution is -0.138. The Labute approximate surface area is 131 Å². The van der Waals surface area contributed by atoms with E-state index in [0.717, 1.165) is 0 Å². The van der Waals surface area contributed by atoms with E-state index >= 15 is 0 Å². The third-order valence-corrected chi connectivity index (χ3v) is 3.74. The minimum atomic E-state index is -0.904. The number of hydrogen-bond acceptors (Lipinski definition) is 4. The highest BCUT2D eigenvalue weighted by molar-refractivity contribution is 6.30. The molecular formula is C16H13ClO5. The van der Waals surface area contributed by atoms with Gasteiger partial charge in [0, 0.05) is 22.2 Å². The lowest BCUT2D eigenvalue weighted by atomic mass is 10.0. The number of rotatable bonds is 4. The molecule has 0 fully saturated rings. The summed E-state index contributed by atoms with van der Waals surface area (Å²) in [5.41, 5.74) is 1.25. The number of carboxylic acids is 1. The molecule has 2 aromatic carbocycles. The molecule has 2 N–H and O–H groups in total. The lowest BCUT2D eigenvalue weighted by Crippen LogP contribution is -2.12. The van der Waals surface area contributed by atoms with Crippen LogP contribution in [0, 0.1) is 0 Å². The summed E-state index contributed by atoms with van der Waals surface area (Å²) in [6.07, 6.45) is 0. The van der Waals surface area contributed by atoms with Crippen LogP contribution in [0.1, 0.15) is 17.0 Å². The molecule has 0 radical (unpaired) electrons. The predicted octanol–water partition coefficient (Wildman–Crippen LogP) is 3.19. The van der Waals surface area contributed by atoms with E-state index in [9.17, 15) is 9.90 Å². The summed E-state index contributed by atoms with van der Waals surface area (Å²) < 4.78 is 11.0. The summed E-state index contributed by atoms with van der Waals surface area (Å²) in [7, 11) is 0. The van der Waals surface area contributed by atoms with Gasteiger partial charge >= 0.3 is 5.97 Å². The standard InChI is InChI=1S/C16H13ClO5/c17-10-2-1-9(14(18)5-10)7-21-11-3-4-12-13(16(19)20)8-22-15(12)6-11/h1-6,13,18H,7-8H2,(H,19,20). The van der Waals surface area contributed by atoms with Gasteiger partial charge in [0.15, 0.2) is 0 Å². The second kappa shape index (κ2) is 5.77. The maximum absolute atomic E-state index is 11.1. The molecule has 1 heterocycles. The number of fused-ring (bicyclic) bond motifs is 1. The van der Waals surface area contributed by atoms with Crippen molar-refractivity contribution in [3.05, 3.63) is 52.5 Å². The van der Waals surface area contributed by atoms with Gasteiger partial charge < -0.3 is 19.7 Å². The van der Waals surface area contributed by atoms with Crippen LogP contribution in [0.5, 0.6) is 17.2 Å². The van der Waals surface area contributed by atoms with Crippen molar-refractivity contribution < 1.29 is 24.5 Å². The average molecular weight is 321 g/mol. The first-order valence-electron chi connectivity index (χ1n) is 6.64. The third kappa shape index (κ3) is 2.80. The zero-order valence-electron chi connectivity index (χ0n) is 11.5. The first kappa shape index (κ1) is 14.5. The van der Waals surface area contributed by atoms with Gasteiger partial charge in [0.05, 0.1) is 0 Å². The van der Waals surface area contributed by atoms with Crippen LogP contribution >= 0.6 is 11.6 Å². The van der Waals surface area contributed by atoms with Crippen LogP contribution in [0.2, 0.25) is 5.02 Å². The first-order valence-corrected chi connectivity index (χ1v) is 7.02. The van der Waals surface area contributed by atoms with Crippen LogP contribution in [0.4, 0.5) is 0 Å². The number of aromatic hydroxyl groups is 1. The van der Waals surface area contributed by atoms with Gasteiger partial charge in [-0.25, -0.2) is 0 Å². The average Bonchev–Trinajstić information content (AvgIpc) is 2.89. The van der Waals surface area contributed by atoms with Gasteiger partial charge in [0.1, 0.15) is 36.4 Å². The van der Waals surface area contributed by atoms with E-state index in [1.54, 1.807) is 30.3 Å². The van der Waals surface area contributed by atoms with Crippen molar-refractivity contribution in [1.82, 2.24) is 0 Å². The molecule has 6 heteroatoms. The SMILES string of the molecule is O=C(O)C1COc2cc(OCc3ccc(Cl)cc3O)ccc21. The van der Waals surface area contributed by atoms with Crippen LogP contribution in [0.15, 0.2) is 36.4 Å². The summed E-state index contributed by atoms with van der Waals surface area (Å²) in [6.45, 7) is 0.302. The molecule has 0 aromatic heterocycles. The molecule has 22 heavy (non-hydrogen) atoms. The highest BCUT2D eigenvalue weighted by Gasteiger charge is 2.30. The quantitative estimate of drug-likeness (QED) is 0.904. The number of phenolic OH excluding ortho intramolecular Hbond substituents is 1. The van der Waals surface area contributed by atoms with Gasteiger partial charge in [-0.1, -0.05) is 23.7 Å². The first-order chi connectivity index (χ1) is 10.5. The second-order valence-electron chi connectivity index (χ2n) is 4.96. The molecule has 0 bridgehead atoms. The zero-order chi connectivity index (χ0) is 15.7. The Morgan fingerprint density at radius 1 is 1.32 bits per heavy atom. The summed E-state index contributed by atoms with van der Waals surface area (Å²) >= 11 is 5.77. The fourth-order valence-electron chi connectivity index (χ4n) is 2.30. The maximum Gasteiger partial charge on any atom is 0.314 e. The molecule has 3 rings (SSSR count). The summed E-state index contributed by atoms with van der Waals surface area (Å²) in [5.74, 6) is -0.414. The normalized spacial score (nSPS) is 16.0. The minimum Gasteiger partial charge on any atom is -0.507 e. The van der Waals surface area contributed by atoms with Gasteiger partial charge in [-0.3, -0.25) is 4.79 Å². The molecule has 1 atom stereocenters. The van der Waals surface area contributed by atoms with E-state index in [1.165, 1.54) is 6.07 Å². The van der Waals surface area contributed by atoms with Crippen molar-refractivity contribution in [2.75, 3.05) is 6.61 Å². The Kier molecular flexibility index (Phi) is 3.81. The van der Waals surface area contributed by atoms with E-state index in [0.29, 0.717) is 27.6 Å². The number of benzene rings is 2. The van der Waals surface area contributed by atoms with Crippen molar-refractivity contribution in [1.29, 1.82) is 0 Å². The van der Waals surface area contributed by atoms with Crippen molar-refractivity contribution in [3.8, 4) is 17.2 Å². The monoisotopic (exact) mass is 320 g/mol. The third-order valence-electron chi connectivity index (χ3n) is 3.51. The van der Waals surface area contributed by atoms with E-state index < -0.39 is 11.9 Å². The molecule has 0 saturated heterocycles. The van der Waals surface area contributed by atoms with Crippen LogP contribution in [-0.4, -0.2) is 22.8 Å². The molecule has 1 unspecified atom stereocenters. The number of aliphatic carboxylic acids is 1. The molecule has 5 nitrogen and oxygen atoms in total. The molecule has 2 aromatic rings. The molecule has 0 spiro atoms. The number of ether oxygens (including phenoxy) is 2. The molecular weight excluding hydrogens is 308 g/mol. The van der Waals surface area contributed by atoms with Gasteiger partial charge in [0.2, 0.25) is 0 Å². The highest BCUT2D eigenvalue weighted by Crippen LogP contribution is 2.37. The van der Waals surface area contributed by atoms with Crippen molar-refractivity contribution in [2.24, 2.45) is 0 Å². The fourth-order valence-corrected chi connectivity index (χ4v) is 2.47. The number of hydrogen-bond donors (Lipinski definition) is 2. The Bertz CT molecular complexity index is 728. The number of halogens is 1. The summed E-state index contributed by atoms with van der Waals surface area (Å²) in [5, 5.41) is 19.3. The van der Waals surface area contributed by atoms with Gasteiger partial charge in [-0.2, -0.15) is 0 Å². The van der Waals surface area contributed by atoms with E-state index in [1.807, 2.05) is 0 Å². The largest absolute Gasteiger partial charge is 0.507 e. The molecule has 114 valence electrons. The Morgan fingerprint density at radius 3 is 2.86 bits per heavy atom. The minimum absolute atomic E-state index is 0.0656. The number of carbonyl (C=O) groups is 1. The van der Waals surface area contributed by atoms with Gasteiger partial charge in [-0.15, -0.1) is 0 Å². The van der Waals surface area contributed by atoms with Crippen molar-refractivity contribution >= 4 is 17.6 Å². The topological polar surface area (TPSA) is 76.0 Å². The predicted molar refractivity (Wildman–Crippen MR) is 79.8 cm³/mol. The van der Waals surface area contributed by atoms with Crippen molar-refractivity contribution in [2.45, 2.75) is 12.5 Å². The van der Waals surface area contributed by atoms with Crippen LogP contribution < -0.4 is 9.47 Å². The maximum atomic E-state index is 11.1. The molecule has 0 aliphatic carbocycles. The Hall–Kier alpha value is -2.40. The van der Waals surface area contributed by atoms with E-state index in [-0.39, 0.29) is 19.0 Å². The lowest BCUT2D eigenvalue weighted by Gasteiger charge is -2.09. The second-order valence-corrected chi connectivity index (χ2v) is 5.40. The highest BCUT2D eigenvalue weighted by atomic mass is 35.5. The van der Waals surface area contributed by atoms with E-state index in [2.05, 4.69) is 0 Å². The van der Waals surface area contributed by atoms with Crippen molar-refractivity contribution in [3.63, 3.8) is 0 Å². The number of phenols is 1. The van der Waals surface area contributed by atoms with Gasteiger partial charge in [0.25, 0.3) is 0 Å². The molecule has 1 aliphatic rings. The smallest absolute Gasteiger partial charge is 0.314 e. The zero-order valence-corrected chi connectivity index (χ0v) is 12.2. The Morgan fingerprint density at radius 2 is 2.14 bits per heavy atom. The Balaban J connectivity index is 1.73. The molecule has 0 saturated carbocycles. The van der Waals surface area contributed by atoms with Crippen LogP contribution in [0.25, 0.3) is 0 Å². The molecule has 1 aliphatic heterocycles. The number of carboxylic acid groups (broad SMARTS) is 1. The van der Waals surface area contributed by atoms with E-state index in [4.69, 9.17) is 26.2 Å². The van der Waals surface area contributed by atoms with Crippen LogP contribution in [-0.2, 0) is 11.4 Å². The summed E-state index contributed by atoms with van der Waals surface area (Å²) in [6, 6.07) is 9.84.